The normalized spacial score (nSPS) is 12.4. The molecule has 0 aliphatic carbocycles. The lowest BCUT2D eigenvalue weighted by Gasteiger charge is -2.15. The van der Waals surface area contributed by atoms with Crippen LogP contribution >= 0.6 is 43.5 Å². The first-order chi connectivity index (χ1) is 8.58. The molecule has 0 aromatic heterocycles. The van der Waals surface area contributed by atoms with Gasteiger partial charge in [0.1, 0.15) is 0 Å². The molecule has 1 unspecified atom stereocenters. The summed E-state index contributed by atoms with van der Waals surface area (Å²) in [5, 5.41) is 0.763. The first-order valence-corrected chi connectivity index (χ1v) is 7.48. The third-order valence-electron chi connectivity index (χ3n) is 2.76. The van der Waals surface area contributed by atoms with Crippen LogP contribution in [0.4, 0.5) is 0 Å². The minimum atomic E-state index is -0.0863. The molecular weight excluding hydrogens is 377 g/mol. The SMILES string of the molecule is NC(Cc1ccccc1Cl)c1cc(Br)ccc1Br. The summed E-state index contributed by atoms with van der Waals surface area (Å²) in [4.78, 5) is 0. The van der Waals surface area contributed by atoms with Crippen molar-refractivity contribution in [2.75, 3.05) is 0 Å². The van der Waals surface area contributed by atoms with Gasteiger partial charge in [-0.25, -0.2) is 0 Å². The summed E-state index contributed by atoms with van der Waals surface area (Å²) in [5.41, 5.74) is 8.40. The Morgan fingerprint density at radius 3 is 2.56 bits per heavy atom. The van der Waals surface area contributed by atoms with Gasteiger partial charge >= 0.3 is 0 Å². The molecule has 2 rings (SSSR count). The van der Waals surface area contributed by atoms with Crippen molar-refractivity contribution in [3.05, 3.63) is 67.6 Å². The summed E-state index contributed by atoms with van der Waals surface area (Å²) in [6, 6.07) is 13.7. The van der Waals surface area contributed by atoms with Crippen molar-refractivity contribution in [3.63, 3.8) is 0 Å². The average Bonchev–Trinajstić information content (AvgIpc) is 2.35. The highest BCUT2D eigenvalue weighted by Gasteiger charge is 2.12. The summed E-state index contributed by atoms with van der Waals surface area (Å²) in [6.07, 6.45) is 0.717. The van der Waals surface area contributed by atoms with Crippen molar-refractivity contribution >= 4 is 43.5 Å². The molecule has 1 nitrogen and oxygen atoms in total. The fourth-order valence-corrected chi connectivity index (χ4v) is 2.94. The predicted octanol–water partition coefficient (Wildman–Crippen LogP) is 5.11. The van der Waals surface area contributed by atoms with Crippen molar-refractivity contribution in [1.29, 1.82) is 0 Å². The van der Waals surface area contributed by atoms with Gasteiger partial charge in [-0.1, -0.05) is 61.7 Å². The molecule has 2 N–H and O–H groups in total. The van der Waals surface area contributed by atoms with Crippen LogP contribution in [0.25, 0.3) is 0 Å². The van der Waals surface area contributed by atoms with E-state index in [0.717, 1.165) is 25.1 Å². The van der Waals surface area contributed by atoms with Crippen LogP contribution in [0, 0.1) is 0 Å². The van der Waals surface area contributed by atoms with Gasteiger partial charge in [0.05, 0.1) is 0 Å². The van der Waals surface area contributed by atoms with E-state index < -0.39 is 0 Å². The second kappa shape index (κ2) is 6.20. The van der Waals surface area contributed by atoms with Crippen molar-refractivity contribution < 1.29 is 0 Å². The summed E-state index contributed by atoms with van der Waals surface area (Å²) >= 11 is 13.1. The summed E-state index contributed by atoms with van der Waals surface area (Å²) in [7, 11) is 0. The van der Waals surface area contributed by atoms with Crippen LogP contribution < -0.4 is 5.73 Å². The van der Waals surface area contributed by atoms with Crippen molar-refractivity contribution in [2.24, 2.45) is 5.73 Å². The Labute approximate surface area is 129 Å². The van der Waals surface area contributed by atoms with E-state index in [1.54, 1.807) is 0 Å². The zero-order valence-electron chi connectivity index (χ0n) is 9.54. The van der Waals surface area contributed by atoms with Crippen LogP contribution in [0.15, 0.2) is 51.4 Å². The minimum Gasteiger partial charge on any atom is -0.324 e. The second-order valence-corrected chi connectivity index (χ2v) is 6.25. The molecule has 2 aromatic carbocycles. The molecule has 0 spiro atoms. The van der Waals surface area contributed by atoms with Crippen LogP contribution in [0.3, 0.4) is 0 Å². The third-order valence-corrected chi connectivity index (χ3v) is 4.34. The van der Waals surface area contributed by atoms with Crippen LogP contribution in [0.1, 0.15) is 17.2 Å². The number of rotatable bonds is 3. The van der Waals surface area contributed by atoms with Crippen molar-refractivity contribution in [3.8, 4) is 0 Å². The molecule has 0 bridgehead atoms. The zero-order chi connectivity index (χ0) is 13.1. The Morgan fingerprint density at radius 1 is 1.11 bits per heavy atom. The highest BCUT2D eigenvalue weighted by Crippen LogP contribution is 2.29. The maximum Gasteiger partial charge on any atom is 0.0438 e. The maximum atomic E-state index is 6.26. The van der Waals surface area contributed by atoms with E-state index in [9.17, 15) is 0 Å². The molecule has 0 saturated carbocycles. The summed E-state index contributed by atoms with van der Waals surface area (Å²) in [6.45, 7) is 0. The Morgan fingerprint density at radius 2 is 1.83 bits per heavy atom. The molecule has 0 fully saturated rings. The lowest BCUT2D eigenvalue weighted by molar-refractivity contribution is 0.718. The second-order valence-electron chi connectivity index (χ2n) is 4.07. The summed E-state index contributed by atoms with van der Waals surface area (Å²) < 4.78 is 2.04. The maximum absolute atomic E-state index is 6.26. The fourth-order valence-electron chi connectivity index (χ4n) is 1.81. The molecule has 0 amide bonds. The lowest BCUT2D eigenvalue weighted by Crippen LogP contribution is -2.14. The van der Waals surface area contributed by atoms with Crippen LogP contribution in [0.2, 0.25) is 5.02 Å². The van der Waals surface area contributed by atoms with Crippen LogP contribution in [-0.2, 0) is 6.42 Å². The quantitative estimate of drug-likeness (QED) is 0.776. The molecule has 18 heavy (non-hydrogen) atoms. The van der Waals surface area contributed by atoms with Crippen LogP contribution in [-0.4, -0.2) is 0 Å². The van der Waals surface area contributed by atoms with Gasteiger partial charge in [-0.2, -0.15) is 0 Å². The highest BCUT2D eigenvalue weighted by molar-refractivity contribution is 9.11. The van der Waals surface area contributed by atoms with Gasteiger partial charge in [0.25, 0.3) is 0 Å². The number of halogens is 3. The van der Waals surface area contributed by atoms with Gasteiger partial charge in [-0.05, 0) is 41.8 Å². The lowest BCUT2D eigenvalue weighted by atomic mass is 10.00. The molecular formula is C14H12Br2ClN. The highest BCUT2D eigenvalue weighted by atomic mass is 79.9. The van der Waals surface area contributed by atoms with E-state index in [1.165, 1.54) is 0 Å². The van der Waals surface area contributed by atoms with E-state index in [2.05, 4.69) is 31.9 Å². The van der Waals surface area contributed by atoms with Gasteiger partial charge in [0, 0.05) is 20.0 Å². The first-order valence-electron chi connectivity index (χ1n) is 5.52. The van der Waals surface area contributed by atoms with E-state index >= 15 is 0 Å². The molecule has 0 radical (unpaired) electrons. The molecule has 0 aliphatic heterocycles. The van der Waals surface area contributed by atoms with Gasteiger partial charge < -0.3 is 5.73 Å². The number of hydrogen-bond acceptors (Lipinski definition) is 1. The number of benzene rings is 2. The standard InChI is InChI=1S/C14H12Br2ClN/c15-10-5-6-12(16)11(8-10)14(18)7-9-3-1-2-4-13(9)17/h1-6,8,14H,7,18H2. The van der Waals surface area contributed by atoms with Gasteiger partial charge in [0.2, 0.25) is 0 Å². The minimum absolute atomic E-state index is 0.0863. The summed E-state index contributed by atoms with van der Waals surface area (Å²) in [5.74, 6) is 0. The Hall–Kier alpha value is -0.350. The average molecular weight is 390 g/mol. The van der Waals surface area contributed by atoms with E-state index in [1.807, 2.05) is 42.5 Å². The Kier molecular flexibility index (Phi) is 4.84. The smallest absolute Gasteiger partial charge is 0.0438 e. The van der Waals surface area contributed by atoms with Crippen LogP contribution in [0.5, 0.6) is 0 Å². The van der Waals surface area contributed by atoms with Crippen molar-refractivity contribution in [1.82, 2.24) is 0 Å². The third kappa shape index (κ3) is 3.35. The number of hydrogen-bond donors (Lipinski definition) is 1. The molecule has 0 aliphatic rings. The first kappa shape index (κ1) is 14.1. The molecule has 0 saturated heterocycles. The number of nitrogens with two attached hydrogens (primary N) is 1. The topological polar surface area (TPSA) is 26.0 Å². The fraction of sp³-hybridized carbons (Fsp3) is 0.143. The van der Waals surface area contributed by atoms with Crippen molar-refractivity contribution in [2.45, 2.75) is 12.5 Å². The zero-order valence-corrected chi connectivity index (χ0v) is 13.5. The Bertz CT molecular complexity index is 557. The van der Waals surface area contributed by atoms with E-state index in [4.69, 9.17) is 17.3 Å². The Balaban J connectivity index is 2.25. The molecule has 94 valence electrons. The van der Waals surface area contributed by atoms with E-state index in [-0.39, 0.29) is 6.04 Å². The largest absolute Gasteiger partial charge is 0.324 e. The van der Waals surface area contributed by atoms with Gasteiger partial charge in [0.15, 0.2) is 0 Å². The monoisotopic (exact) mass is 387 g/mol. The molecule has 0 heterocycles. The van der Waals surface area contributed by atoms with Gasteiger partial charge in [-0.3, -0.25) is 0 Å². The molecule has 4 heteroatoms. The molecule has 1 atom stereocenters. The predicted molar refractivity (Wildman–Crippen MR) is 83.9 cm³/mol. The molecule has 2 aromatic rings. The van der Waals surface area contributed by atoms with E-state index in [0.29, 0.717) is 6.42 Å². The van der Waals surface area contributed by atoms with Gasteiger partial charge in [-0.15, -0.1) is 0 Å².